The molecule has 0 unspecified atom stereocenters. The maximum absolute atomic E-state index is 12.7. The minimum Gasteiger partial charge on any atom is -0.454 e. The largest absolute Gasteiger partial charge is 0.454 e. The Kier molecular flexibility index (Phi) is 4.07. The molecule has 144 valence electrons. The Morgan fingerprint density at radius 1 is 1.11 bits per heavy atom. The summed E-state index contributed by atoms with van der Waals surface area (Å²) in [6.45, 7) is 1.86. The fraction of sp³-hybridized carbons (Fsp3) is 0.333. The molecule has 0 atom stereocenters. The molecule has 1 fully saturated rings. The number of hydrogen-bond acceptors (Lipinski definition) is 5. The van der Waals surface area contributed by atoms with Crippen LogP contribution in [0.25, 0.3) is 11.0 Å². The monoisotopic (exact) mass is 378 g/mol. The van der Waals surface area contributed by atoms with Crippen LogP contribution in [-0.2, 0) is 11.8 Å². The van der Waals surface area contributed by atoms with Gasteiger partial charge >= 0.3 is 0 Å². The molecule has 0 radical (unpaired) electrons. The molecule has 2 aliphatic rings. The molecule has 2 aliphatic heterocycles. The lowest BCUT2D eigenvalue weighted by Gasteiger charge is -2.32. The molecule has 0 aliphatic carbocycles. The zero-order valence-electron chi connectivity index (χ0n) is 15.7. The first kappa shape index (κ1) is 16.9. The molecule has 2 aromatic carbocycles. The van der Waals surface area contributed by atoms with Crippen molar-refractivity contribution in [2.24, 2.45) is 13.0 Å². The van der Waals surface area contributed by atoms with E-state index >= 15 is 0 Å². The molecule has 28 heavy (non-hydrogen) atoms. The van der Waals surface area contributed by atoms with Crippen molar-refractivity contribution in [3.63, 3.8) is 0 Å². The van der Waals surface area contributed by atoms with Crippen molar-refractivity contribution in [1.29, 1.82) is 0 Å². The van der Waals surface area contributed by atoms with Gasteiger partial charge in [0.2, 0.25) is 18.6 Å². The molecule has 0 saturated carbocycles. The Bertz CT molecular complexity index is 1040. The average molecular weight is 378 g/mol. The average Bonchev–Trinajstić information content (AvgIpc) is 3.32. The number of carbonyl (C=O) groups excluding carboxylic acids is 1. The number of ether oxygens (including phenoxy) is 2. The smallest absolute Gasteiger partial charge is 0.231 e. The number of aryl methyl sites for hydroxylation is 1. The van der Waals surface area contributed by atoms with Crippen molar-refractivity contribution in [2.45, 2.75) is 12.8 Å². The highest BCUT2D eigenvalue weighted by molar-refractivity contribution is 5.93. The fourth-order valence-electron chi connectivity index (χ4n) is 3.98. The van der Waals surface area contributed by atoms with Crippen LogP contribution in [0.3, 0.4) is 0 Å². The zero-order valence-corrected chi connectivity index (χ0v) is 15.7. The van der Waals surface area contributed by atoms with Gasteiger partial charge in [0, 0.05) is 37.8 Å². The topological polar surface area (TPSA) is 68.6 Å². The van der Waals surface area contributed by atoms with E-state index in [0.717, 1.165) is 48.6 Å². The number of imidazole rings is 1. The number of nitrogens with one attached hydrogen (secondary N) is 1. The lowest BCUT2D eigenvalue weighted by Crippen LogP contribution is -2.39. The number of nitrogens with zero attached hydrogens (tertiary/aromatic N) is 3. The highest BCUT2D eigenvalue weighted by Gasteiger charge is 2.27. The van der Waals surface area contributed by atoms with E-state index in [4.69, 9.17) is 14.5 Å². The second-order valence-electron chi connectivity index (χ2n) is 7.28. The van der Waals surface area contributed by atoms with Gasteiger partial charge in [-0.3, -0.25) is 4.79 Å². The Morgan fingerprint density at radius 2 is 1.89 bits per heavy atom. The van der Waals surface area contributed by atoms with Crippen LogP contribution in [0.2, 0.25) is 0 Å². The highest BCUT2D eigenvalue weighted by Crippen LogP contribution is 2.34. The van der Waals surface area contributed by atoms with E-state index in [1.54, 1.807) is 0 Å². The van der Waals surface area contributed by atoms with Crippen LogP contribution in [0.4, 0.5) is 11.6 Å². The quantitative estimate of drug-likeness (QED) is 0.758. The van der Waals surface area contributed by atoms with Crippen LogP contribution in [0.15, 0.2) is 42.5 Å². The number of aromatic nitrogens is 2. The summed E-state index contributed by atoms with van der Waals surface area (Å²) in [6, 6.07) is 13.6. The zero-order chi connectivity index (χ0) is 19.1. The van der Waals surface area contributed by atoms with Gasteiger partial charge in [-0.05, 0) is 37.1 Å². The SMILES string of the molecule is Cn1c(N2CCC(C(=O)Nc3ccc4c(c3)OCO4)CC2)nc2ccccc21. The predicted molar refractivity (Wildman–Crippen MR) is 107 cm³/mol. The lowest BCUT2D eigenvalue weighted by molar-refractivity contribution is -0.120. The third-order valence-electron chi connectivity index (χ3n) is 5.55. The summed E-state index contributed by atoms with van der Waals surface area (Å²) in [5.74, 6) is 2.42. The van der Waals surface area contributed by atoms with Gasteiger partial charge in [-0.15, -0.1) is 0 Å². The van der Waals surface area contributed by atoms with E-state index in [9.17, 15) is 4.79 Å². The highest BCUT2D eigenvalue weighted by atomic mass is 16.7. The van der Waals surface area contributed by atoms with Crippen molar-refractivity contribution < 1.29 is 14.3 Å². The molecule has 1 amide bonds. The van der Waals surface area contributed by atoms with Crippen LogP contribution in [-0.4, -0.2) is 35.3 Å². The minimum atomic E-state index is -0.00337. The van der Waals surface area contributed by atoms with Gasteiger partial charge in [0.25, 0.3) is 0 Å². The second-order valence-corrected chi connectivity index (χ2v) is 7.28. The third kappa shape index (κ3) is 2.93. The summed E-state index contributed by atoms with van der Waals surface area (Å²) < 4.78 is 12.8. The van der Waals surface area contributed by atoms with E-state index in [1.165, 1.54) is 0 Å². The number of piperidine rings is 1. The first-order chi connectivity index (χ1) is 13.7. The lowest BCUT2D eigenvalue weighted by atomic mass is 9.96. The number of amides is 1. The van der Waals surface area contributed by atoms with Gasteiger partial charge < -0.3 is 24.3 Å². The molecule has 5 rings (SSSR count). The first-order valence-corrected chi connectivity index (χ1v) is 9.56. The fourth-order valence-corrected chi connectivity index (χ4v) is 3.98. The number of anilines is 2. The number of para-hydroxylation sites is 2. The Hall–Kier alpha value is -3.22. The summed E-state index contributed by atoms with van der Waals surface area (Å²) >= 11 is 0. The van der Waals surface area contributed by atoms with Crippen LogP contribution in [0.5, 0.6) is 11.5 Å². The molecular formula is C21H22N4O3. The Labute approximate surface area is 162 Å². The first-order valence-electron chi connectivity index (χ1n) is 9.56. The van der Waals surface area contributed by atoms with Crippen LogP contribution in [0, 0.1) is 5.92 Å². The normalized spacial score (nSPS) is 16.5. The van der Waals surface area contributed by atoms with Crippen molar-refractivity contribution in [2.75, 3.05) is 30.1 Å². The van der Waals surface area contributed by atoms with Gasteiger partial charge in [0.05, 0.1) is 11.0 Å². The maximum Gasteiger partial charge on any atom is 0.231 e. The van der Waals surface area contributed by atoms with Crippen LogP contribution < -0.4 is 19.7 Å². The minimum absolute atomic E-state index is 0.00337. The molecule has 1 aromatic heterocycles. The molecule has 7 nitrogen and oxygen atoms in total. The van der Waals surface area contributed by atoms with E-state index in [-0.39, 0.29) is 18.6 Å². The molecular weight excluding hydrogens is 356 g/mol. The number of rotatable bonds is 3. The molecule has 3 heterocycles. The molecule has 3 aromatic rings. The van der Waals surface area contributed by atoms with Gasteiger partial charge in [-0.25, -0.2) is 4.98 Å². The summed E-state index contributed by atoms with van der Waals surface area (Å²) in [4.78, 5) is 19.7. The summed E-state index contributed by atoms with van der Waals surface area (Å²) in [5.41, 5.74) is 2.87. The van der Waals surface area contributed by atoms with Crippen molar-refractivity contribution >= 4 is 28.6 Å². The van der Waals surface area contributed by atoms with Crippen LogP contribution in [0.1, 0.15) is 12.8 Å². The van der Waals surface area contributed by atoms with Crippen molar-refractivity contribution in [3.05, 3.63) is 42.5 Å². The van der Waals surface area contributed by atoms with E-state index in [2.05, 4.69) is 20.9 Å². The van der Waals surface area contributed by atoms with E-state index in [0.29, 0.717) is 11.5 Å². The van der Waals surface area contributed by atoms with Gasteiger partial charge in [0.15, 0.2) is 11.5 Å². The summed E-state index contributed by atoms with van der Waals surface area (Å²) in [5, 5.41) is 3.01. The third-order valence-corrected chi connectivity index (χ3v) is 5.55. The molecule has 0 bridgehead atoms. The van der Waals surface area contributed by atoms with Gasteiger partial charge in [0.1, 0.15) is 0 Å². The summed E-state index contributed by atoms with van der Waals surface area (Å²) in [6.07, 6.45) is 1.61. The van der Waals surface area contributed by atoms with Gasteiger partial charge in [-0.2, -0.15) is 0 Å². The standard InChI is InChI=1S/C21H22N4O3/c1-24-17-5-3-2-4-16(17)23-21(24)25-10-8-14(9-11-25)20(26)22-15-6-7-18-19(12-15)28-13-27-18/h2-7,12,14H,8-11,13H2,1H3,(H,22,26). The Balaban J connectivity index is 1.24. The van der Waals surface area contributed by atoms with Crippen molar-refractivity contribution in [3.8, 4) is 11.5 Å². The summed E-state index contributed by atoms with van der Waals surface area (Å²) in [7, 11) is 2.04. The molecule has 1 N–H and O–H groups in total. The molecule has 7 heteroatoms. The number of benzene rings is 2. The molecule has 1 saturated heterocycles. The van der Waals surface area contributed by atoms with E-state index in [1.807, 2.05) is 43.4 Å². The predicted octanol–water partition coefficient (Wildman–Crippen LogP) is 3.16. The second kappa shape index (κ2) is 6.74. The number of carbonyl (C=O) groups is 1. The molecule has 0 spiro atoms. The van der Waals surface area contributed by atoms with Crippen molar-refractivity contribution in [1.82, 2.24) is 9.55 Å². The van der Waals surface area contributed by atoms with Crippen LogP contribution >= 0.6 is 0 Å². The number of fused-ring (bicyclic) bond motifs is 2. The Morgan fingerprint density at radius 3 is 2.71 bits per heavy atom. The van der Waals surface area contributed by atoms with E-state index < -0.39 is 0 Å². The number of hydrogen-bond donors (Lipinski definition) is 1. The maximum atomic E-state index is 12.7. The van der Waals surface area contributed by atoms with Gasteiger partial charge in [-0.1, -0.05) is 12.1 Å².